The molecule has 1 N–H and O–H groups in total. The van der Waals surface area contributed by atoms with Gasteiger partial charge in [-0.2, -0.15) is 4.31 Å². The molecule has 1 atom stereocenters. The van der Waals surface area contributed by atoms with Crippen LogP contribution in [0.25, 0.3) is 0 Å². The number of halogens is 4. The number of H-pyrrole nitrogens is 1. The Hall–Kier alpha value is -1.36. The van der Waals surface area contributed by atoms with E-state index in [1.165, 1.54) is 6.26 Å². The van der Waals surface area contributed by atoms with E-state index in [2.05, 4.69) is 35.8 Å². The first kappa shape index (κ1) is 28.7. The average Bonchev–Trinajstić information content (AvgIpc) is 3.13. The number of rotatable bonds is 5. The molecule has 0 saturated carbocycles. The number of aromatic nitrogens is 3. The van der Waals surface area contributed by atoms with E-state index in [4.69, 9.17) is 0 Å². The third-order valence-electron chi connectivity index (χ3n) is 5.08. The van der Waals surface area contributed by atoms with Gasteiger partial charge >= 0.3 is 0 Å². The van der Waals surface area contributed by atoms with Crippen LogP contribution >= 0.6 is 53.2 Å². The maximum atomic E-state index is 12.7. The largest absolute Gasteiger partial charge is 0.364 e. The van der Waals surface area contributed by atoms with Crippen LogP contribution < -0.4 is 4.90 Å². The molecule has 0 radical (unpaired) electrons. The summed E-state index contributed by atoms with van der Waals surface area (Å²) in [6, 6.07) is 9.68. The maximum Gasteiger partial charge on any atom is 0.211 e. The van der Waals surface area contributed by atoms with Crippen molar-refractivity contribution in [3.8, 4) is 0 Å². The zero-order chi connectivity index (χ0) is 20.4. The van der Waals surface area contributed by atoms with Gasteiger partial charge in [0.15, 0.2) is 0 Å². The van der Waals surface area contributed by atoms with Crippen molar-refractivity contribution in [3.05, 3.63) is 76.5 Å². The second-order valence-corrected chi connectivity index (χ2v) is 10.1. The molecule has 0 saturated heterocycles. The predicted octanol–water partition coefficient (Wildman–Crippen LogP) is 4.23. The van der Waals surface area contributed by atoms with Crippen molar-refractivity contribution in [1.29, 1.82) is 0 Å². The number of hydrogen-bond donors (Lipinski definition) is 1. The average molecular weight is 586 g/mol. The van der Waals surface area contributed by atoms with Gasteiger partial charge in [-0.15, -0.1) is 37.2 Å². The fourth-order valence-electron chi connectivity index (χ4n) is 3.80. The third-order valence-corrected chi connectivity index (χ3v) is 6.86. The van der Waals surface area contributed by atoms with Crippen molar-refractivity contribution < 1.29 is 8.42 Å². The Bertz CT molecular complexity index is 1090. The predicted molar refractivity (Wildman–Crippen MR) is 138 cm³/mol. The highest BCUT2D eigenvalue weighted by Gasteiger charge is 2.33. The molecule has 0 bridgehead atoms. The minimum Gasteiger partial charge on any atom is -0.364 e. The van der Waals surface area contributed by atoms with Crippen LogP contribution in [0.1, 0.15) is 16.8 Å². The molecular weight excluding hydrogens is 561 g/mol. The third kappa shape index (κ3) is 6.82. The Balaban J connectivity index is 0.00000171. The van der Waals surface area contributed by atoms with Crippen molar-refractivity contribution in [3.63, 3.8) is 0 Å². The van der Waals surface area contributed by atoms with Crippen LogP contribution in [0.5, 0.6) is 0 Å². The Morgan fingerprint density at radius 3 is 2.56 bits per heavy atom. The Kier molecular flexibility index (Phi) is 10.9. The molecule has 1 aliphatic heterocycles. The van der Waals surface area contributed by atoms with Crippen LogP contribution in [0.4, 0.5) is 5.69 Å². The highest BCUT2D eigenvalue weighted by atomic mass is 79.9. The van der Waals surface area contributed by atoms with E-state index in [1.54, 1.807) is 29.2 Å². The number of sulfonamides is 1. The van der Waals surface area contributed by atoms with E-state index < -0.39 is 10.0 Å². The summed E-state index contributed by atoms with van der Waals surface area (Å²) < 4.78 is 28.0. The van der Waals surface area contributed by atoms with Crippen LogP contribution in [-0.2, 0) is 29.5 Å². The first-order chi connectivity index (χ1) is 13.9. The van der Waals surface area contributed by atoms with Crippen molar-refractivity contribution in [2.24, 2.45) is 0 Å². The van der Waals surface area contributed by atoms with Gasteiger partial charge in [0.2, 0.25) is 10.0 Å². The number of benzene rings is 1. The van der Waals surface area contributed by atoms with E-state index in [9.17, 15) is 8.42 Å². The molecule has 2 aromatic heterocycles. The van der Waals surface area contributed by atoms with Crippen molar-refractivity contribution in [2.45, 2.75) is 25.6 Å². The monoisotopic (exact) mass is 583 g/mol. The second kappa shape index (κ2) is 12.2. The molecule has 176 valence electrons. The quantitative estimate of drug-likeness (QED) is 0.485. The normalized spacial score (nSPS) is 16.1. The Morgan fingerprint density at radius 2 is 1.94 bits per heavy atom. The number of fused-ring (bicyclic) bond motifs is 1. The van der Waals surface area contributed by atoms with Crippen LogP contribution in [0.15, 0.2) is 59.7 Å². The lowest BCUT2D eigenvalue weighted by Crippen LogP contribution is -2.45. The lowest BCUT2D eigenvalue weighted by Gasteiger charge is -2.31. The van der Waals surface area contributed by atoms with E-state index >= 15 is 0 Å². The molecule has 3 heterocycles. The van der Waals surface area contributed by atoms with Gasteiger partial charge in [0.1, 0.15) is 0 Å². The number of nitrogens with one attached hydrogen (secondary N) is 1. The molecule has 4 rings (SSSR count). The zero-order valence-corrected chi connectivity index (χ0v) is 22.1. The molecule has 0 fully saturated rings. The molecular formula is C20H25BrCl3N5O2S. The molecule has 0 spiro atoms. The molecule has 0 amide bonds. The highest BCUT2D eigenvalue weighted by molar-refractivity contribution is 9.10. The van der Waals surface area contributed by atoms with Crippen LogP contribution in [0, 0.1) is 0 Å². The minimum absolute atomic E-state index is 0. The van der Waals surface area contributed by atoms with Crippen LogP contribution in [0.2, 0.25) is 0 Å². The van der Waals surface area contributed by atoms with Crippen molar-refractivity contribution in [1.82, 2.24) is 19.3 Å². The lowest BCUT2D eigenvalue weighted by molar-refractivity contribution is 0.320. The number of imidazole rings is 1. The number of anilines is 1. The van der Waals surface area contributed by atoms with Crippen LogP contribution in [-0.4, -0.2) is 46.5 Å². The number of aromatic amines is 1. The van der Waals surface area contributed by atoms with Gasteiger partial charge in [-0.25, -0.2) is 13.4 Å². The van der Waals surface area contributed by atoms with Gasteiger partial charge < -0.3 is 9.88 Å². The number of pyridine rings is 1. The number of hydrogen-bond acceptors (Lipinski definition) is 5. The number of nitrogens with zero attached hydrogens (tertiary/aromatic N) is 4. The fourth-order valence-corrected chi connectivity index (χ4v) is 5.27. The lowest BCUT2D eigenvalue weighted by atomic mass is 10.1. The molecule has 1 aromatic carbocycles. The van der Waals surface area contributed by atoms with E-state index in [0.29, 0.717) is 26.1 Å². The van der Waals surface area contributed by atoms with Gasteiger partial charge in [0, 0.05) is 47.9 Å². The first-order valence-corrected chi connectivity index (χ1v) is 11.9. The van der Waals surface area contributed by atoms with Gasteiger partial charge in [-0.05, 0) is 41.8 Å². The smallest absolute Gasteiger partial charge is 0.211 e. The second-order valence-electron chi connectivity index (χ2n) is 7.26. The molecule has 0 unspecified atom stereocenters. The Morgan fingerprint density at radius 1 is 1.16 bits per heavy atom. The van der Waals surface area contributed by atoms with Crippen molar-refractivity contribution >= 4 is 68.9 Å². The summed E-state index contributed by atoms with van der Waals surface area (Å²) in [5, 5.41) is 0. The summed E-state index contributed by atoms with van der Waals surface area (Å²) in [5.41, 5.74) is 4.00. The molecule has 7 nitrogen and oxygen atoms in total. The van der Waals surface area contributed by atoms with Gasteiger partial charge in [-0.3, -0.25) is 4.98 Å². The Labute approximate surface area is 215 Å². The highest BCUT2D eigenvalue weighted by Crippen LogP contribution is 2.32. The summed E-state index contributed by atoms with van der Waals surface area (Å²) in [4.78, 5) is 13.7. The van der Waals surface area contributed by atoms with Gasteiger partial charge in [-0.1, -0.05) is 22.0 Å². The maximum absolute atomic E-state index is 12.7. The summed E-state index contributed by atoms with van der Waals surface area (Å²) in [5.74, 6) is 0. The molecule has 1 aliphatic rings. The summed E-state index contributed by atoms with van der Waals surface area (Å²) in [6.07, 6.45) is 8.86. The minimum atomic E-state index is -3.41. The standard InChI is InChI=1S/C20H22BrN5O2S.3ClH/c1-29(27,28)26-11-16-8-17(21)4-5-20(16)25(12-18-10-23-14-24-18)13-19(26)7-15-3-2-6-22-9-15;;;/h2-6,8-10,14,19H,7,11-13H2,1H3,(H,23,24);3*1H/t19-;;;/m1.../s1. The molecule has 32 heavy (non-hydrogen) atoms. The van der Waals surface area contributed by atoms with Gasteiger partial charge in [0.05, 0.1) is 24.8 Å². The molecule has 0 aliphatic carbocycles. The van der Waals surface area contributed by atoms with E-state index in [-0.39, 0.29) is 43.3 Å². The van der Waals surface area contributed by atoms with E-state index in [1.807, 2.05) is 30.3 Å². The summed E-state index contributed by atoms with van der Waals surface area (Å²) >= 11 is 3.52. The van der Waals surface area contributed by atoms with Crippen molar-refractivity contribution in [2.75, 3.05) is 17.7 Å². The summed E-state index contributed by atoms with van der Waals surface area (Å²) in [6.45, 7) is 1.52. The topological polar surface area (TPSA) is 82.2 Å². The fraction of sp³-hybridized carbons (Fsp3) is 0.300. The molecule has 3 aromatic rings. The van der Waals surface area contributed by atoms with Crippen LogP contribution in [0.3, 0.4) is 0 Å². The zero-order valence-electron chi connectivity index (χ0n) is 17.2. The molecule has 12 heteroatoms. The first-order valence-electron chi connectivity index (χ1n) is 9.26. The van der Waals surface area contributed by atoms with Gasteiger partial charge in [0.25, 0.3) is 0 Å². The SMILES string of the molecule is CS(=O)(=O)N1Cc2cc(Br)ccc2N(Cc2cnc[nH]2)C[C@H]1Cc1cccnc1.Cl.Cl.Cl. The summed E-state index contributed by atoms with van der Waals surface area (Å²) in [7, 11) is -3.41. The van der Waals surface area contributed by atoms with E-state index in [0.717, 1.165) is 27.0 Å².